The molecule has 0 aliphatic heterocycles. The van der Waals surface area contributed by atoms with Gasteiger partial charge in [0.15, 0.2) is 0 Å². The first-order valence-corrected chi connectivity index (χ1v) is 8.62. The first kappa shape index (κ1) is 19.6. The smallest absolute Gasteiger partial charge is 0.251 e. The number of halogens is 1. The van der Waals surface area contributed by atoms with Crippen molar-refractivity contribution in [3.05, 3.63) is 59.1 Å². The molecule has 2 N–H and O–H groups in total. The van der Waals surface area contributed by atoms with Gasteiger partial charge in [-0.05, 0) is 49.4 Å². The molecule has 0 unspecified atom stereocenters. The van der Waals surface area contributed by atoms with Crippen LogP contribution in [-0.2, 0) is 4.79 Å². The predicted molar refractivity (Wildman–Crippen MR) is 99.9 cm³/mol. The number of carbonyl (C=O) groups is 2. The topological polar surface area (TPSA) is 76.7 Å². The molecule has 2 amide bonds. The summed E-state index contributed by atoms with van der Waals surface area (Å²) in [5.74, 6) is 0.824. The lowest BCUT2D eigenvalue weighted by molar-refractivity contribution is -0.120. The Labute approximate surface area is 157 Å². The Balaban J connectivity index is 1.63. The summed E-state index contributed by atoms with van der Waals surface area (Å²) in [4.78, 5) is 23.7. The second-order valence-corrected chi connectivity index (χ2v) is 5.73. The molecule has 0 aliphatic carbocycles. The number of rotatable bonds is 9. The number of nitrogens with one attached hydrogen (secondary N) is 2. The highest BCUT2D eigenvalue weighted by molar-refractivity contribution is 6.30. The van der Waals surface area contributed by atoms with Crippen LogP contribution in [0.15, 0.2) is 48.5 Å². The van der Waals surface area contributed by atoms with Crippen molar-refractivity contribution in [2.45, 2.75) is 6.92 Å². The molecule has 2 rings (SSSR count). The van der Waals surface area contributed by atoms with Gasteiger partial charge in [0.25, 0.3) is 5.91 Å². The molecule has 26 heavy (non-hydrogen) atoms. The molecule has 0 aromatic heterocycles. The molecular weight excluding hydrogens is 356 g/mol. The fraction of sp³-hybridized carbons (Fsp3) is 0.263. The van der Waals surface area contributed by atoms with Crippen LogP contribution >= 0.6 is 11.6 Å². The van der Waals surface area contributed by atoms with Crippen LogP contribution < -0.4 is 20.1 Å². The van der Waals surface area contributed by atoms with Crippen LogP contribution in [0.2, 0.25) is 5.02 Å². The van der Waals surface area contributed by atoms with E-state index in [0.717, 1.165) is 5.75 Å². The normalized spacial score (nSPS) is 10.1. The Morgan fingerprint density at radius 1 is 1.00 bits per heavy atom. The molecule has 0 atom stereocenters. The van der Waals surface area contributed by atoms with Gasteiger partial charge in [-0.15, -0.1) is 0 Å². The number of benzene rings is 2. The Morgan fingerprint density at radius 3 is 2.35 bits per heavy atom. The summed E-state index contributed by atoms with van der Waals surface area (Å²) in [6.45, 7) is 3.07. The van der Waals surface area contributed by atoms with Gasteiger partial charge < -0.3 is 20.1 Å². The SMILES string of the molecule is CCOc1ccc(OCCNC(=O)CNC(=O)c2cccc(Cl)c2)cc1. The largest absolute Gasteiger partial charge is 0.494 e. The van der Waals surface area contributed by atoms with E-state index in [1.165, 1.54) is 0 Å². The van der Waals surface area contributed by atoms with Crippen LogP contribution in [0.3, 0.4) is 0 Å². The maximum atomic E-state index is 11.9. The highest BCUT2D eigenvalue weighted by Crippen LogP contribution is 2.17. The fourth-order valence-electron chi connectivity index (χ4n) is 2.11. The molecule has 0 heterocycles. The molecule has 0 fully saturated rings. The zero-order chi connectivity index (χ0) is 18.8. The Kier molecular flexibility index (Phi) is 7.76. The van der Waals surface area contributed by atoms with E-state index in [1.807, 2.05) is 19.1 Å². The van der Waals surface area contributed by atoms with Gasteiger partial charge >= 0.3 is 0 Å². The van der Waals surface area contributed by atoms with Crippen molar-refractivity contribution in [1.29, 1.82) is 0 Å². The molecule has 0 saturated heterocycles. The maximum Gasteiger partial charge on any atom is 0.251 e. The summed E-state index contributed by atoms with van der Waals surface area (Å²) in [6, 6.07) is 13.8. The number of carbonyl (C=O) groups excluding carboxylic acids is 2. The van der Waals surface area contributed by atoms with Crippen LogP contribution in [-0.4, -0.2) is 38.1 Å². The van der Waals surface area contributed by atoms with Crippen LogP contribution in [0, 0.1) is 0 Å². The van der Waals surface area contributed by atoms with Crippen molar-refractivity contribution in [3.63, 3.8) is 0 Å². The first-order valence-electron chi connectivity index (χ1n) is 8.24. The summed E-state index contributed by atoms with van der Waals surface area (Å²) in [5, 5.41) is 5.68. The first-order chi connectivity index (χ1) is 12.6. The number of amides is 2. The molecule has 2 aromatic rings. The van der Waals surface area contributed by atoms with Crippen LogP contribution in [0.4, 0.5) is 0 Å². The average Bonchev–Trinajstić information content (AvgIpc) is 2.65. The summed E-state index contributed by atoms with van der Waals surface area (Å²) >= 11 is 5.83. The van der Waals surface area contributed by atoms with Crippen LogP contribution in [0.5, 0.6) is 11.5 Å². The Morgan fingerprint density at radius 2 is 1.69 bits per heavy atom. The van der Waals surface area contributed by atoms with E-state index in [-0.39, 0.29) is 18.4 Å². The van der Waals surface area contributed by atoms with Crippen molar-refractivity contribution in [2.24, 2.45) is 0 Å². The molecule has 0 spiro atoms. The highest BCUT2D eigenvalue weighted by atomic mass is 35.5. The fourth-order valence-corrected chi connectivity index (χ4v) is 2.30. The summed E-state index contributed by atoms with van der Waals surface area (Å²) in [5.41, 5.74) is 0.407. The van der Waals surface area contributed by atoms with Crippen molar-refractivity contribution < 1.29 is 19.1 Å². The lowest BCUT2D eigenvalue weighted by atomic mass is 10.2. The van der Waals surface area contributed by atoms with Crippen molar-refractivity contribution in [1.82, 2.24) is 10.6 Å². The van der Waals surface area contributed by atoms with Crippen molar-refractivity contribution in [2.75, 3.05) is 26.3 Å². The van der Waals surface area contributed by atoms with Crippen molar-refractivity contribution in [3.8, 4) is 11.5 Å². The molecule has 0 radical (unpaired) electrons. The van der Waals surface area contributed by atoms with E-state index in [0.29, 0.717) is 36.1 Å². The molecule has 2 aromatic carbocycles. The minimum atomic E-state index is -0.353. The van der Waals surface area contributed by atoms with Gasteiger partial charge in [-0.25, -0.2) is 0 Å². The lowest BCUT2D eigenvalue weighted by Crippen LogP contribution is -2.38. The van der Waals surface area contributed by atoms with E-state index >= 15 is 0 Å². The second-order valence-electron chi connectivity index (χ2n) is 5.30. The molecule has 138 valence electrons. The molecule has 6 nitrogen and oxygen atoms in total. The van der Waals surface area contributed by atoms with Gasteiger partial charge in [0.05, 0.1) is 19.7 Å². The van der Waals surface area contributed by atoms with Gasteiger partial charge in [-0.1, -0.05) is 17.7 Å². The summed E-state index contributed by atoms with van der Waals surface area (Å²) in [6.07, 6.45) is 0. The monoisotopic (exact) mass is 376 g/mol. The maximum absolute atomic E-state index is 11.9. The van der Waals surface area contributed by atoms with Crippen LogP contribution in [0.25, 0.3) is 0 Å². The molecule has 0 saturated carbocycles. The van der Waals surface area contributed by atoms with E-state index in [9.17, 15) is 9.59 Å². The lowest BCUT2D eigenvalue weighted by Gasteiger charge is -2.09. The number of hydrogen-bond donors (Lipinski definition) is 2. The van der Waals surface area contributed by atoms with Gasteiger partial charge in [0.1, 0.15) is 18.1 Å². The van der Waals surface area contributed by atoms with Gasteiger partial charge in [0, 0.05) is 10.6 Å². The molecule has 0 bridgehead atoms. The molecule has 7 heteroatoms. The zero-order valence-corrected chi connectivity index (χ0v) is 15.2. The minimum Gasteiger partial charge on any atom is -0.494 e. The summed E-state index contributed by atoms with van der Waals surface area (Å²) in [7, 11) is 0. The van der Waals surface area contributed by atoms with E-state index in [1.54, 1.807) is 36.4 Å². The molecular formula is C19H21ClN2O4. The minimum absolute atomic E-state index is 0.117. The zero-order valence-electron chi connectivity index (χ0n) is 14.5. The average molecular weight is 377 g/mol. The van der Waals surface area contributed by atoms with Crippen molar-refractivity contribution >= 4 is 23.4 Å². The quantitative estimate of drug-likeness (QED) is 0.660. The second kappa shape index (κ2) is 10.3. The van der Waals surface area contributed by atoms with Gasteiger partial charge in [0.2, 0.25) is 5.91 Å². The number of ether oxygens (including phenoxy) is 2. The van der Waals surface area contributed by atoms with E-state index < -0.39 is 0 Å². The van der Waals surface area contributed by atoms with Gasteiger partial charge in [-0.3, -0.25) is 9.59 Å². The van der Waals surface area contributed by atoms with Gasteiger partial charge in [-0.2, -0.15) is 0 Å². The third-order valence-electron chi connectivity index (χ3n) is 3.32. The van der Waals surface area contributed by atoms with E-state index in [2.05, 4.69) is 10.6 Å². The Bertz CT molecular complexity index is 735. The third kappa shape index (κ3) is 6.64. The number of hydrogen-bond acceptors (Lipinski definition) is 4. The molecule has 0 aliphatic rings. The van der Waals surface area contributed by atoms with E-state index in [4.69, 9.17) is 21.1 Å². The highest BCUT2D eigenvalue weighted by Gasteiger charge is 2.08. The summed E-state index contributed by atoms with van der Waals surface area (Å²) < 4.78 is 10.9. The third-order valence-corrected chi connectivity index (χ3v) is 3.56. The Hall–Kier alpha value is -2.73. The predicted octanol–water partition coefficient (Wildman–Crippen LogP) is 2.66. The standard InChI is InChI=1S/C19H21ClN2O4/c1-2-25-16-6-8-17(9-7-16)26-11-10-21-18(23)13-22-19(24)14-4-3-5-15(20)12-14/h3-9,12H,2,10-11,13H2,1H3,(H,21,23)(H,22,24). The van der Waals surface area contributed by atoms with Crippen LogP contribution in [0.1, 0.15) is 17.3 Å².